The molecular formula is C14H20N2O4S. The van der Waals surface area contributed by atoms with Crippen molar-refractivity contribution in [2.75, 3.05) is 7.11 Å². The van der Waals surface area contributed by atoms with E-state index < -0.39 is 16.0 Å². The average Bonchev–Trinajstić information content (AvgIpc) is 2.49. The molecule has 2 atom stereocenters. The van der Waals surface area contributed by atoms with Gasteiger partial charge in [0.25, 0.3) is 0 Å². The highest BCUT2D eigenvalue weighted by molar-refractivity contribution is 7.89. The van der Waals surface area contributed by atoms with Gasteiger partial charge in [0.1, 0.15) is 0 Å². The topological polar surface area (TPSA) is 98.5 Å². The van der Waals surface area contributed by atoms with Crippen LogP contribution in [0.15, 0.2) is 29.2 Å². The van der Waals surface area contributed by atoms with Gasteiger partial charge in [-0.2, -0.15) is 0 Å². The summed E-state index contributed by atoms with van der Waals surface area (Å²) in [5.41, 5.74) is 6.27. The summed E-state index contributed by atoms with van der Waals surface area (Å²) in [5.74, 6) is -0.499. The summed E-state index contributed by atoms with van der Waals surface area (Å²) in [5, 5.41) is 0. The van der Waals surface area contributed by atoms with E-state index >= 15 is 0 Å². The molecule has 0 heterocycles. The lowest BCUT2D eigenvalue weighted by Crippen LogP contribution is -2.49. The van der Waals surface area contributed by atoms with Crippen LogP contribution in [0.2, 0.25) is 0 Å². The maximum absolute atomic E-state index is 12.3. The Morgan fingerprint density at radius 2 is 1.86 bits per heavy atom. The number of carbonyl (C=O) groups excluding carboxylic acids is 1. The van der Waals surface area contributed by atoms with Crippen LogP contribution in [0.5, 0.6) is 0 Å². The van der Waals surface area contributed by atoms with Crippen LogP contribution in [0.4, 0.5) is 0 Å². The Morgan fingerprint density at radius 1 is 1.24 bits per heavy atom. The monoisotopic (exact) mass is 312 g/mol. The number of ether oxygens (including phenoxy) is 1. The minimum Gasteiger partial charge on any atom is -0.465 e. The molecule has 21 heavy (non-hydrogen) atoms. The molecule has 1 aromatic carbocycles. The van der Waals surface area contributed by atoms with Crippen molar-refractivity contribution in [1.29, 1.82) is 0 Å². The van der Waals surface area contributed by atoms with Crippen molar-refractivity contribution in [2.45, 2.75) is 42.7 Å². The number of nitrogens with two attached hydrogens (primary N) is 1. The maximum atomic E-state index is 12.3. The first-order chi connectivity index (χ1) is 9.94. The van der Waals surface area contributed by atoms with E-state index in [1.54, 1.807) is 0 Å². The molecule has 2 unspecified atom stereocenters. The SMILES string of the molecule is COC(=O)c1ccc(S(=O)(=O)NC2CCCCC2N)cc1. The van der Waals surface area contributed by atoms with Crippen molar-refractivity contribution in [2.24, 2.45) is 5.73 Å². The van der Waals surface area contributed by atoms with Crippen LogP contribution in [0, 0.1) is 0 Å². The highest BCUT2D eigenvalue weighted by atomic mass is 32.2. The van der Waals surface area contributed by atoms with Gasteiger partial charge in [-0.3, -0.25) is 0 Å². The molecule has 1 aliphatic rings. The van der Waals surface area contributed by atoms with Gasteiger partial charge in [-0.25, -0.2) is 17.9 Å². The summed E-state index contributed by atoms with van der Waals surface area (Å²) < 4.78 is 31.9. The molecule has 0 spiro atoms. The number of sulfonamides is 1. The predicted octanol–water partition coefficient (Wildman–Crippen LogP) is 1.02. The second kappa shape index (κ2) is 6.55. The highest BCUT2D eigenvalue weighted by Gasteiger charge is 2.27. The van der Waals surface area contributed by atoms with E-state index in [9.17, 15) is 13.2 Å². The van der Waals surface area contributed by atoms with Gasteiger partial charge in [-0.05, 0) is 37.1 Å². The molecular weight excluding hydrogens is 292 g/mol. The normalized spacial score (nSPS) is 22.8. The summed E-state index contributed by atoms with van der Waals surface area (Å²) in [6.07, 6.45) is 3.59. The Labute approximate surface area is 124 Å². The summed E-state index contributed by atoms with van der Waals surface area (Å²) in [6, 6.07) is 5.26. The number of methoxy groups -OCH3 is 1. The lowest BCUT2D eigenvalue weighted by molar-refractivity contribution is 0.0600. The van der Waals surface area contributed by atoms with Crippen molar-refractivity contribution in [1.82, 2.24) is 4.72 Å². The lowest BCUT2D eigenvalue weighted by atomic mass is 9.92. The fourth-order valence-electron chi connectivity index (χ4n) is 2.46. The number of hydrogen-bond acceptors (Lipinski definition) is 5. The first-order valence-corrected chi connectivity index (χ1v) is 8.38. The highest BCUT2D eigenvalue weighted by Crippen LogP contribution is 2.19. The summed E-state index contributed by atoms with van der Waals surface area (Å²) in [6.45, 7) is 0. The molecule has 116 valence electrons. The van der Waals surface area contributed by atoms with E-state index in [0.717, 1.165) is 25.7 Å². The summed E-state index contributed by atoms with van der Waals surface area (Å²) in [7, 11) is -2.35. The van der Waals surface area contributed by atoms with Gasteiger partial charge in [0.2, 0.25) is 10.0 Å². The molecule has 0 amide bonds. The Balaban J connectivity index is 2.13. The quantitative estimate of drug-likeness (QED) is 0.809. The fraction of sp³-hybridized carbons (Fsp3) is 0.500. The molecule has 1 saturated carbocycles. The molecule has 7 heteroatoms. The molecule has 6 nitrogen and oxygen atoms in total. The van der Waals surface area contributed by atoms with E-state index in [2.05, 4.69) is 9.46 Å². The summed E-state index contributed by atoms with van der Waals surface area (Å²) >= 11 is 0. The smallest absolute Gasteiger partial charge is 0.337 e. The van der Waals surface area contributed by atoms with Crippen LogP contribution in [-0.4, -0.2) is 33.6 Å². The molecule has 0 radical (unpaired) electrons. The third-order valence-corrected chi connectivity index (χ3v) is 5.22. The van der Waals surface area contributed by atoms with Gasteiger partial charge in [0, 0.05) is 12.1 Å². The van der Waals surface area contributed by atoms with E-state index in [0.29, 0.717) is 5.56 Å². The largest absolute Gasteiger partial charge is 0.465 e. The molecule has 0 aliphatic heterocycles. The zero-order chi connectivity index (χ0) is 15.5. The van der Waals surface area contributed by atoms with Gasteiger partial charge in [-0.15, -0.1) is 0 Å². The first-order valence-electron chi connectivity index (χ1n) is 6.90. The van der Waals surface area contributed by atoms with E-state index in [-0.39, 0.29) is 17.0 Å². The number of rotatable bonds is 4. The van der Waals surface area contributed by atoms with Crippen LogP contribution in [-0.2, 0) is 14.8 Å². The van der Waals surface area contributed by atoms with Crippen molar-refractivity contribution in [3.05, 3.63) is 29.8 Å². The minimum absolute atomic E-state index is 0.118. The molecule has 3 N–H and O–H groups in total. The van der Waals surface area contributed by atoms with Gasteiger partial charge in [-0.1, -0.05) is 12.8 Å². The van der Waals surface area contributed by atoms with Crippen LogP contribution in [0.25, 0.3) is 0 Å². The van der Waals surface area contributed by atoms with E-state index in [4.69, 9.17) is 5.73 Å². The summed E-state index contributed by atoms with van der Waals surface area (Å²) in [4.78, 5) is 11.4. The molecule has 1 aliphatic carbocycles. The second-order valence-corrected chi connectivity index (χ2v) is 6.91. The van der Waals surface area contributed by atoms with Crippen molar-refractivity contribution >= 4 is 16.0 Å². The van der Waals surface area contributed by atoms with Crippen LogP contribution >= 0.6 is 0 Å². The van der Waals surface area contributed by atoms with E-state index in [1.807, 2.05) is 0 Å². The molecule has 0 bridgehead atoms. The number of benzene rings is 1. The first kappa shape index (κ1) is 15.9. The molecule has 1 fully saturated rings. The molecule has 2 rings (SSSR count). The van der Waals surface area contributed by atoms with Crippen LogP contribution in [0.1, 0.15) is 36.0 Å². The fourth-order valence-corrected chi connectivity index (χ4v) is 3.78. The Hall–Kier alpha value is -1.44. The van der Waals surface area contributed by atoms with Gasteiger partial charge in [0.05, 0.1) is 17.6 Å². The standard InChI is InChI=1S/C14H20N2O4S/c1-20-14(17)10-6-8-11(9-7-10)21(18,19)16-13-5-3-2-4-12(13)15/h6-9,12-13,16H,2-5,15H2,1H3. The van der Waals surface area contributed by atoms with Gasteiger partial charge < -0.3 is 10.5 Å². The molecule has 0 saturated heterocycles. The lowest BCUT2D eigenvalue weighted by Gasteiger charge is -2.29. The predicted molar refractivity (Wildman–Crippen MR) is 78.3 cm³/mol. The minimum atomic E-state index is -3.62. The van der Waals surface area contributed by atoms with Gasteiger partial charge in [0.15, 0.2) is 0 Å². The van der Waals surface area contributed by atoms with Crippen LogP contribution < -0.4 is 10.5 Å². The molecule has 1 aromatic rings. The third-order valence-electron chi connectivity index (χ3n) is 3.71. The van der Waals surface area contributed by atoms with Crippen LogP contribution in [0.3, 0.4) is 0 Å². The number of hydrogen-bond donors (Lipinski definition) is 2. The van der Waals surface area contributed by atoms with E-state index in [1.165, 1.54) is 31.4 Å². The zero-order valence-corrected chi connectivity index (χ0v) is 12.7. The second-order valence-electron chi connectivity index (χ2n) is 5.19. The third kappa shape index (κ3) is 3.81. The molecule has 0 aromatic heterocycles. The number of nitrogens with one attached hydrogen (secondary N) is 1. The van der Waals surface area contributed by atoms with Crippen molar-refractivity contribution < 1.29 is 17.9 Å². The number of esters is 1. The Kier molecular flexibility index (Phi) is 4.97. The average molecular weight is 312 g/mol. The van der Waals surface area contributed by atoms with Gasteiger partial charge >= 0.3 is 5.97 Å². The Bertz CT molecular complexity index is 598. The van der Waals surface area contributed by atoms with Crippen molar-refractivity contribution in [3.63, 3.8) is 0 Å². The Morgan fingerprint density at radius 3 is 2.43 bits per heavy atom. The number of carbonyl (C=O) groups is 1. The zero-order valence-electron chi connectivity index (χ0n) is 11.9. The van der Waals surface area contributed by atoms with Crippen molar-refractivity contribution in [3.8, 4) is 0 Å². The maximum Gasteiger partial charge on any atom is 0.337 e.